The van der Waals surface area contributed by atoms with E-state index in [2.05, 4.69) is 45.1 Å². The lowest BCUT2D eigenvalue weighted by Gasteiger charge is -2.44. The average Bonchev–Trinajstić information content (AvgIpc) is 2.94. The van der Waals surface area contributed by atoms with E-state index in [1.165, 1.54) is 22.3 Å². The highest BCUT2D eigenvalue weighted by molar-refractivity contribution is 5.92. The molecule has 1 aromatic rings. The van der Waals surface area contributed by atoms with Crippen molar-refractivity contribution in [3.05, 3.63) is 46.0 Å². The lowest BCUT2D eigenvalue weighted by atomic mass is 9.59. The molecule has 0 aromatic heterocycles. The van der Waals surface area contributed by atoms with E-state index in [-0.39, 0.29) is 17.3 Å². The van der Waals surface area contributed by atoms with Gasteiger partial charge in [0.25, 0.3) is 0 Å². The highest BCUT2D eigenvalue weighted by Gasteiger charge is 2.47. The molecule has 0 bridgehead atoms. The van der Waals surface area contributed by atoms with Gasteiger partial charge in [-0.05, 0) is 35.5 Å². The molecule has 126 valence electrons. The van der Waals surface area contributed by atoms with Crippen LogP contribution in [0.25, 0.3) is 6.08 Å². The number of carbonyl (C=O) groups is 1. The second-order valence-corrected chi connectivity index (χ2v) is 7.64. The number of allylic oxidation sites excluding steroid dienone is 1. The van der Waals surface area contributed by atoms with Crippen LogP contribution in [-0.4, -0.2) is 19.7 Å². The number of benzene rings is 1. The fourth-order valence-electron chi connectivity index (χ4n) is 4.70. The van der Waals surface area contributed by atoms with Gasteiger partial charge >= 0.3 is 5.97 Å². The van der Waals surface area contributed by atoms with Crippen LogP contribution in [0.15, 0.2) is 29.4 Å². The standard InChI is InChI=1S/C21H24O3/c1-12(2)13-5-7-17-15(19(13)23-4)6-8-18-16-11-24-20(22)14(16)9-10-21(17,18)3/h5-8,12,18H,9-11H2,1-4H3/t18-,21+/m0/s1. The first-order valence-corrected chi connectivity index (χ1v) is 8.76. The zero-order valence-corrected chi connectivity index (χ0v) is 14.8. The van der Waals surface area contributed by atoms with Crippen LogP contribution in [0, 0.1) is 5.92 Å². The van der Waals surface area contributed by atoms with Crippen LogP contribution in [0.4, 0.5) is 0 Å². The second-order valence-electron chi connectivity index (χ2n) is 7.64. The van der Waals surface area contributed by atoms with Crippen molar-refractivity contribution in [2.24, 2.45) is 5.92 Å². The minimum absolute atomic E-state index is 0.000311. The van der Waals surface area contributed by atoms with E-state index in [9.17, 15) is 4.79 Å². The van der Waals surface area contributed by atoms with E-state index >= 15 is 0 Å². The molecule has 0 spiro atoms. The van der Waals surface area contributed by atoms with Gasteiger partial charge in [-0.1, -0.05) is 45.1 Å². The van der Waals surface area contributed by atoms with Crippen molar-refractivity contribution >= 4 is 12.0 Å². The van der Waals surface area contributed by atoms with Crippen LogP contribution < -0.4 is 4.74 Å². The summed E-state index contributed by atoms with van der Waals surface area (Å²) in [4.78, 5) is 11.9. The average molecular weight is 324 g/mol. The summed E-state index contributed by atoms with van der Waals surface area (Å²) >= 11 is 0. The van der Waals surface area contributed by atoms with E-state index in [0.717, 1.165) is 24.2 Å². The molecule has 1 aliphatic heterocycles. The Morgan fingerprint density at radius 3 is 2.83 bits per heavy atom. The van der Waals surface area contributed by atoms with Crippen LogP contribution in [0.2, 0.25) is 0 Å². The van der Waals surface area contributed by atoms with E-state index in [1.807, 2.05) is 0 Å². The number of fused-ring (bicyclic) bond motifs is 4. The number of rotatable bonds is 2. The molecule has 3 nitrogen and oxygen atoms in total. The molecule has 2 aliphatic carbocycles. The third kappa shape index (κ3) is 1.93. The van der Waals surface area contributed by atoms with Gasteiger partial charge in [-0.3, -0.25) is 0 Å². The maximum absolute atomic E-state index is 11.9. The van der Waals surface area contributed by atoms with E-state index in [1.54, 1.807) is 7.11 Å². The van der Waals surface area contributed by atoms with Crippen LogP contribution in [-0.2, 0) is 14.9 Å². The molecule has 0 radical (unpaired) electrons. The third-order valence-electron chi connectivity index (χ3n) is 6.07. The smallest absolute Gasteiger partial charge is 0.334 e. The monoisotopic (exact) mass is 324 g/mol. The number of esters is 1. The van der Waals surface area contributed by atoms with Gasteiger partial charge in [-0.2, -0.15) is 0 Å². The van der Waals surface area contributed by atoms with Crippen molar-refractivity contribution < 1.29 is 14.3 Å². The van der Waals surface area contributed by atoms with Crippen molar-refractivity contribution in [2.45, 2.75) is 44.9 Å². The highest BCUT2D eigenvalue weighted by atomic mass is 16.5. The van der Waals surface area contributed by atoms with E-state index in [0.29, 0.717) is 12.5 Å². The van der Waals surface area contributed by atoms with Crippen LogP contribution in [0.5, 0.6) is 5.75 Å². The number of methoxy groups -OCH3 is 1. The molecule has 2 atom stereocenters. The fraction of sp³-hybridized carbons (Fsp3) is 0.476. The van der Waals surface area contributed by atoms with Crippen LogP contribution >= 0.6 is 0 Å². The molecule has 1 heterocycles. The summed E-state index contributed by atoms with van der Waals surface area (Å²) in [7, 11) is 1.76. The molecule has 1 aromatic carbocycles. The Balaban J connectivity index is 1.89. The molecular weight excluding hydrogens is 300 g/mol. The summed E-state index contributed by atoms with van der Waals surface area (Å²) in [6.45, 7) is 7.16. The van der Waals surface area contributed by atoms with Gasteiger partial charge in [-0.15, -0.1) is 0 Å². The maximum Gasteiger partial charge on any atom is 0.334 e. The molecule has 3 heteroatoms. The van der Waals surface area contributed by atoms with Crippen molar-refractivity contribution in [3.8, 4) is 5.75 Å². The molecule has 0 saturated heterocycles. The Morgan fingerprint density at radius 2 is 2.12 bits per heavy atom. The van der Waals surface area contributed by atoms with Crippen molar-refractivity contribution in [1.29, 1.82) is 0 Å². The van der Waals surface area contributed by atoms with Gasteiger partial charge in [0, 0.05) is 22.5 Å². The predicted molar refractivity (Wildman–Crippen MR) is 94.2 cm³/mol. The first kappa shape index (κ1) is 15.5. The summed E-state index contributed by atoms with van der Waals surface area (Å²) in [5.74, 6) is 1.55. The number of cyclic esters (lactones) is 1. The third-order valence-corrected chi connectivity index (χ3v) is 6.07. The van der Waals surface area contributed by atoms with Crippen LogP contribution in [0.1, 0.15) is 56.2 Å². The van der Waals surface area contributed by atoms with Gasteiger partial charge < -0.3 is 9.47 Å². The minimum Gasteiger partial charge on any atom is -0.496 e. The van der Waals surface area contributed by atoms with Gasteiger partial charge in [-0.25, -0.2) is 4.79 Å². The number of ether oxygens (including phenoxy) is 2. The maximum atomic E-state index is 11.9. The largest absolute Gasteiger partial charge is 0.496 e. The molecule has 24 heavy (non-hydrogen) atoms. The van der Waals surface area contributed by atoms with E-state index in [4.69, 9.17) is 9.47 Å². The van der Waals surface area contributed by atoms with Gasteiger partial charge in [0.05, 0.1) is 7.11 Å². The Hall–Kier alpha value is -2.03. The molecule has 4 rings (SSSR count). The molecule has 0 unspecified atom stereocenters. The zero-order valence-electron chi connectivity index (χ0n) is 14.8. The number of hydrogen-bond acceptors (Lipinski definition) is 3. The number of carbonyl (C=O) groups excluding carboxylic acids is 1. The molecule has 0 fully saturated rings. The summed E-state index contributed by atoms with van der Waals surface area (Å²) in [5, 5.41) is 0. The second kappa shape index (κ2) is 5.23. The summed E-state index contributed by atoms with van der Waals surface area (Å²) in [6.07, 6.45) is 6.21. The normalized spacial score (nSPS) is 27.7. The molecule has 0 amide bonds. The molecule has 0 N–H and O–H groups in total. The topological polar surface area (TPSA) is 35.5 Å². The Kier molecular flexibility index (Phi) is 3.38. The Morgan fingerprint density at radius 1 is 1.33 bits per heavy atom. The van der Waals surface area contributed by atoms with Crippen molar-refractivity contribution in [2.75, 3.05) is 13.7 Å². The van der Waals surface area contributed by atoms with Gasteiger partial charge in [0.15, 0.2) is 0 Å². The zero-order chi connectivity index (χ0) is 17.1. The van der Waals surface area contributed by atoms with Crippen molar-refractivity contribution in [1.82, 2.24) is 0 Å². The SMILES string of the molecule is COc1c(C(C)C)ccc2c1C=C[C@H]1C3=C(CC[C@]21C)C(=O)OC3. The first-order chi connectivity index (χ1) is 11.5. The predicted octanol–water partition coefficient (Wildman–Crippen LogP) is 4.37. The van der Waals surface area contributed by atoms with Gasteiger partial charge in [0.1, 0.15) is 12.4 Å². The van der Waals surface area contributed by atoms with Crippen molar-refractivity contribution in [3.63, 3.8) is 0 Å². The van der Waals surface area contributed by atoms with E-state index < -0.39 is 0 Å². The summed E-state index contributed by atoms with van der Waals surface area (Å²) in [5.41, 5.74) is 5.88. The highest BCUT2D eigenvalue weighted by Crippen LogP contribution is 2.54. The van der Waals surface area contributed by atoms with Gasteiger partial charge in [0.2, 0.25) is 0 Å². The summed E-state index contributed by atoms with van der Waals surface area (Å²) < 4.78 is 11.1. The Labute approximate surface area is 143 Å². The lowest BCUT2D eigenvalue weighted by molar-refractivity contribution is -0.136. The lowest BCUT2D eigenvalue weighted by Crippen LogP contribution is -2.38. The Bertz CT molecular complexity index is 785. The molecule has 0 saturated carbocycles. The summed E-state index contributed by atoms with van der Waals surface area (Å²) in [6, 6.07) is 4.48. The molecule has 3 aliphatic rings. The first-order valence-electron chi connectivity index (χ1n) is 8.76. The fourth-order valence-corrected chi connectivity index (χ4v) is 4.70. The number of hydrogen-bond donors (Lipinski definition) is 0. The quantitative estimate of drug-likeness (QED) is 0.758. The minimum atomic E-state index is -0.112. The molecular formula is C21H24O3. The van der Waals surface area contributed by atoms with Crippen LogP contribution in [0.3, 0.4) is 0 Å².